The lowest BCUT2D eigenvalue weighted by molar-refractivity contribution is 0.244. The van der Waals surface area contributed by atoms with Crippen LogP contribution in [0.5, 0.6) is 5.75 Å². The highest BCUT2D eigenvalue weighted by Gasteiger charge is 1.97. The monoisotopic (exact) mass is 206 g/mol. The van der Waals surface area contributed by atoms with Gasteiger partial charge in [0, 0.05) is 6.54 Å². The van der Waals surface area contributed by atoms with E-state index in [9.17, 15) is 4.79 Å². The third kappa shape index (κ3) is 3.72. The van der Waals surface area contributed by atoms with Gasteiger partial charge in [0.2, 0.25) is 0 Å². The van der Waals surface area contributed by atoms with Gasteiger partial charge < -0.3 is 15.4 Å². The van der Waals surface area contributed by atoms with Gasteiger partial charge in [0.15, 0.2) is 0 Å². The van der Waals surface area contributed by atoms with Crippen LogP contribution < -0.4 is 15.4 Å². The molecule has 0 aromatic heterocycles. The topological polar surface area (TPSA) is 50.4 Å². The Labute approximate surface area is 88.9 Å². The fraction of sp³-hybridized carbons (Fsp3) is 0.182. The molecule has 0 saturated heterocycles. The van der Waals surface area contributed by atoms with Crippen LogP contribution >= 0.6 is 0 Å². The van der Waals surface area contributed by atoms with Gasteiger partial charge in [0.1, 0.15) is 5.75 Å². The van der Waals surface area contributed by atoms with Gasteiger partial charge >= 0.3 is 6.03 Å². The second-order valence-corrected chi connectivity index (χ2v) is 2.88. The summed E-state index contributed by atoms with van der Waals surface area (Å²) in [6, 6.07) is 7.23. The average molecular weight is 206 g/mol. The predicted molar refractivity (Wildman–Crippen MR) is 58.6 cm³/mol. The summed E-state index contributed by atoms with van der Waals surface area (Å²) in [5, 5.41) is 5.10. The molecule has 0 aliphatic carbocycles. The van der Waals surface area contributed by atoms with Crippen molar-refractivity contribution in [2.75, 3.05) is 7.11 Å². The molecule has 0 heterocycles. The van der Waals surface area contributed by atoms with E-state index < -0.39 is 0 Å². The molecule has 0 saturated carbocycles. The van der Waals surface area contributed by atoms with Gasteiger partial charge in [-0.3, -0.25) is 0 Å². The maximum Gasteiger partial charge on any atom is 0.319 e. The largest absolute Gasteiger partial charge is 0.497 e. The van der Waals surface area contributed by atoms with E-state index in [0.29, 0.717) is 6.54 Å². The molecule has 0 aliphatic heterocycles. The SMILES string of the molecule is C=CNC(=O)NCc1ccc(OC)cc1. The van der Waals surface area contributed by atoms with E-state index in [-0.39, 0.29) is 6.03 Å². The molecule has 2 amide bonds. The summed E-state index contributed by atoms with van der Waals surface area (Å²) in [7, 11) is 1.62. The molecule has 4 nitrogen and oxygen atoms in total. The summed E-state index contributed by atoms with van der Waals surface area (Å²) >= 11 is 0. The summed E-state index contributed by atoms with van der Waals surface area (Å²) in [4.78, 5) is 11.0. The number of hydrogen-bond acceptors (Lipinski definition) is 2. The average Bonchev–Trinajstić information content (AvgIpc) is 2.27. The number of carbonyl (C=O) groups excluding carboxylic acids is 1. The quantitative estimate of drug-likeness (QED) is 0.786. The Morgan fingerprint density at radius 3 is 2.67 bits per heavy atom. The molecule has 1 aromatic carbocycles. The zero-order valence-electron chi connectivity index (χ0n) is 8.62. The van der Waals surface area contributed by atoms with Gasteiger partial charge in [-0.1, -0.05) is 18.7 Å². The number of amides is 2. The highest BCUT2D eigenvalue weighted by Crippen LogP contribution is 2.10. The first-order valence-electron chi connectivity index (χ1n) is 4.54. The lowest BCUT2D eigenvalue weighted by Gasteiger charge is -2.05. The van der Waals surface area contributed by atoms with Gasteiger partial charge in [0.25, 0.3) is 0 Å². The summed E-state index contributed by atoms with van der Waals surface area (Å²) in [5.74, 6) is 0.800. The molecule has 0 bridgehead atoms. The molecule has 0 aliphatic rings. The first-order chi connectivity index (χ1) is 7.26. The highest BCUT2D eigenvalue weighted by atomic mass is 16.5. The second kappa shape index (κ2) is 5.70. The van der Waals surface area contributed by atoms with E-state index in [4.69, 9.17) is 4.74 Å². The normalized spacial score (nSPS) is 9.13. The highest BCUT2D eigenvalue weighted by molar-refractivity contribution is 5.74. The van der Waals surface area contributed by atoms with Crippen LogP contribution in [-0.2, 0) is 6.54 Å². The minimum Gasteiger partial charge on any atom is -0.497 e. The number of rotatable bonds is 4. The molecule has 4 heteroatoms. The number of carbonyl (C=O) groups is 1. The van der Waals surface area contributed by atoms with Crippen molar-refractivity contribution in [3.63, 3.8) is 0 Å². The molecule has 15 heavy (non-hydrogen) atoms. The van der Waals surface area contributed by atoms with Gasteiger partial charge in [-0.25, -0.2) is 4.79 Å². The number of ether oxygens (including phenoxy) is 1. The molecule has 0 spiro atoms. The lowest BCUT2D eigenvalue weighted by atomic mass is 10.2. The van der Waals surface area contributed by atoms with Crippen LogP contribution in [0.1, 0.15) is 5.56 Å². The van der Waals surface area contributed by atoms with Crippen molar-refractivity contribution in [3.05, 3.63) is 42.6 Å². The predicted octanol–water partition coefficient (Wildman–Crippen LogP) is 1.64. The molecule has 2 N–H and O–H groups in total. The molecule has 0 fully saturated rings. The number of urea groups is 1. The minimum absolute atomic E-state index is 0.263. The molecular formula is C11H14N2O2. The Kier molecular flexibility index (Phi) is 4.22. The number of methoxy groups -OCH3 is 1. The Morgan fingerprint density at radius 1 is 1.47 bits per heavy atom. The maximum atomic E-state index is 11.0. The van der Waals surface area contributed by atoms with E-state index in [1.54, 1.807) is 7.11 Å². The zero-order chi connectivity index (χ0) is 11.1. The van der Waals surface area contributed by atoms with Crippen LogP contribution in [0.25, 0.3) is 0 Å². The van der Waals surface area contributed by atoms with Crippen molar-refractivity contribution >= 4 is 6.03 Å². The van der Waals surface area contributed by atoms with E-state index >= 15 is 0 Å². The second-order valence-electron chi connectivity index (χ2n) is 2.88. The van der Waals surface area contributed by atoms with Crippen LogP contribution in [0.15, 0.2) is 37.0 Å². The van der Waals surface area contributed by atoms with Crippen molar-refractivity contribution in [2.45, 2.75) is 6.54 Å². The minimum atomic E-state index is -0.263. The van der Waals surface area contributed by atoms with Crippen LogP contribution in [0, 0.1) is 0 Å². The molecule has 0 unspecified atom stereocenters. The Hall–Kier alpha value is -1.97. The van der Waals surface area contributed by atoms with Gasteiger partial charge in [-0.2, -0.15) is 0 Å². The summed E-state index contributed by atoms with van der Waals surface area (Å²) in [6.45, 7) is 3.87. The van der Waals surface area contributed by atoms with Gasteiger partial charge in [0.05, 0.1) is 7.11 Å². The molecule has 0 atom stereocenters. The Balaban J connectivity index is 2.43. The van der Waals surface area contributed by atoms with Crippen molar-refractivity contribution < 1.29 is 9.53 Å². The van der Waals surface area contributed by atoms with E-state index in [1.165, 1.54) is 6.20 Å². The smallest absolute Gasteiger partial charge is 0.319 e. The summed E-state index contributed by atoms with van der Waals surface area (Å²) in [6.07, 6.45) is 1.34. The first kappa shape index (κ1) is 11.1. The zero-order valence-corrected chi connectivity index (χ0v) is 8.62. The van der Waals surface area contributed by atoms with Crippen molar-refractivity contribution in [2.24, 2.45) is 0 Å². The standard InChI is InChI=1S/C11H14N2O2/c1-3-12-11(14)13-8-9-4-6-10(15-2)7-5-9/h3-7H,1,8H2,2H3,(H2,12,13,14). The van der Waals surface area contributed by atoms with Crippen molar-refractivity contribution in [1.29, 1.82) is 0 Å². The van der Waals surface area contributed by atoms with Gasteiger partial charge in [-0.05, 0) is 23.9 Å². The molecular weight excluding hydrogens is 192 g/mol. The number of nitrogens with one attached hydrogen (secondary N) is 2. The van der Waals surface area contributed by atoms with Crippen molar-refractivity contribution in [3.8, 4) is 5.75 Å². The van der Waals surface area contributed by atoms with Crippen LogP contribution in [-0.4, -0.2) is 13.1 Å². The summed E-state index contributed by atoms with van der Waals surface area (Å²) < 4.78 is 5.02. The van der Waals surface area contributed by atoms with E-state index in [0.717, 1.165) is 11.3 Å². The van der Waals surface area contributed by atoms with E-state index in [2.05, 4.69) is 17.2 Å². The third-order valence-electron chi connectivity index (χ3n) is 1.85. The van der Waals surface area contributed by atoms with Crippen LogP contribution in [0.4, 0.5) is 4.79 Å². The maximum absolute atomic E-state index is 11.0. The lowest BCUT2D eigenvalue weighted by Crippen LogP contribution is -2.31. The molecule has 0 radical (unpaired) electrons. The summed E-state index contributed by atoms with van der Waals surface area (Å²) in [5.41, 5.74) is 1.01. The fourth-order valence-electron chi connectivity index (χ4n) is 1.07. The Morgan fingerprint density at radius 2 is 2.13 bits per heavy atom. The molecule has 1 aromatic rings. The van der Waals surface area contributed by atoms with Crippen LogP contribution in [0.3, 0.4) is 0 Å². The molecule has 1 rings (SSSR count). The molecule has 80 valence electrons. The Bertz CT molecular complexity index is 333. The first-order valence-corrected chi connectivity index (χ1v) is 4.54. The van der Waals surface area contributed by atoms with E-state index in [1.807, 2.05) is 24.3 Å². The number of benzene rings is 1. The fourth-order valence-corrected chi connectivity index (χ4v) is 1.07. The van der Waals surface area contributed by atoms with Crippen LogP contribution in [0.2, 0.25) is 0 Å². The third-order valence-corrected chi connectivity index (χ3v) is 1.85. The number of hydrogen-bond donors (Lipinski definition) is 2. The van der Waals surface area contributed by atoms with Crippen molar-refractivity contribution in [1.82, 2.24) is 10.6 Å². The van der Waals surface area contributed by atoms with Gasteiger partial charge in [-0.15, -0.1) is 0 Å².